The molecule has 0 saturated carbocycles. The van der Waals surface area contributed by atoms with E-state index in [1.807, 2.05) is 0 Å². The van der Waals surface area contributed by atoms with Gasteiger partial charge >= 0.3 is 5.97 Å². The molecule has 0 aromatic heterocycles. The number of ether oxygens (including phenoxy) is 1. The highest BCUT2D eigenvalue weighted by atomic mass is 35.5. The highest BCUT2D eigenvalue weighted by Gasteiger charge is 2.38. The third kappa shape index (κ3) is 3.65. The molecule has 0 unspecified atom stereocenters. The summed E-state index contributed by atoms with van der Waals surface area (Å²) in [6.45, 7) is 1.53. The molecule has 1 aromatic carbocycles. The number of halogens is 1. The van der Waals surface area contributed by atoms with Gasteiger partial charge in [0.2, 0.25) is 0 Å². The van der Waals surface area contributed by atoms with Crippen molar-refractivity contribution in [3.63, 3.8) is 0 Å². The Bertz CT molecular complexity index is 562. The van der Waals surface area contributed by atoms with Crippen LogP contribution in [-0.2, 0) is 9.59 Å². The average molecular weight is 314 g/mol. The molecule has 0 radical (unpaired) electrons. The Morgan fingerprint density at radius 2 is 2.19 bits per heavy atom. The first-order valence-corrected chi connectivity index (χ1v) is 6.85. The minimum atomic E-state index is -1.12. The van der Waals surface area contributed by atoms with Gasteiger partial charge in [-0.3, -0.25) is 4.79 Å². The highest BCUT2D eigenvalue weighted by Crippen LogP contribution is 2.23. The number of amides is 1. The van der Waals surface area contributed by atoms with Gasteiger partial charge in [-0.05, 0) is 30.7 Å². The van der Waals surface area contributed by atoms with Crippen molar-refractivity contribution in [2.75, 3.05) is 13.2 Å². The second-order valence-electron chi connectivity index (χ2n) is 4.99. The van der Waals surface area contributed by atoms with E-state index in [2.05, 4.69) is 0 Å². The molecule has 2 N–H and O–H groups in total. The number of carboxylic acids is 1. The first kappa shape index (κ1) is 15.6. The number of rotatable bonds is 4. The maximum absolute atomic E-state index is 12.1. The summed E-state index contributed by atoms with van der Waals surface area (Å²) in [4.78, 5) is 24.3. The van der Waals surface area contributed by atoms with Crippen LogP contribution in [0.3, 0.4) is 0 Å². The van der Waals surface area contributed by atoms with Gasteiger partial charge < -0.3 is 19.8 Å². The number of hydrogen-bond acceptors (Lipinski definition) is 4. The van der Waals surface area contributed by atoms with Crippen molar-refractivity contribution in [3.05, 3.63) is 28.8 Å². The number of aliphatic hydroxyl groups excluding tert-OH is 1. The lowest BCUT2D eigenvalue weighted by Crippen LogP contribution is -2.43. The monoisotopic (exact) mass is 313 g/mol. The Morgan fingerprint density at radius 1 is 1.48 bits per heavy atom. The Labute approximate surface area is 126 Å². The molecular formula is C14H16ClNO5. The number of hydrogen-bond donors (Lipinski definition) is 2. The van der Waals surface area contributed by atoms with E-state index in [1.54, 1.807) is 25.1 Å². The van der Waals surface area contributed by atoms with Gasteiger partial charge in [-0.1, -0.05) is 11.6 Å². The van der Waals surface area contributed by atoms with E-state index in [0.29, 0.717) is 10.8 Å². The molecule has 1 aliphatic rings. The molecule has 1 fully saturated rings. The average Bonchev–Trinajstić information content (AvgIpc) is 2.80. The topological polar surface area (TPSA) is 87.1 Å². The molecule has 2 atom stereocenters. The lowest BCUT2D eigenvalue weighted by atomic mass is 10.2. The van der Waals surface area contributed by atoms with Crippen LogP contribution in [0.4, 0.5) is 0 Å². The largest absolute Gasteiger partial charge is 0.483 e. The van der Waals surface area contributed by atoms with E-state index < -0.39 is 24.0 Å². The predicted molar refractivity (Wildman–Crippen MR) is 75.4 cm³/mol. The lowest BCUT2D eigenvalue weighted by Gasteiger charge is -2.21. The second-order valence-corrected chi connectivity index (χ2v) is 5.42. The SMILES string of the molecule is Cc1cc(Cl)ccc1OCC(=O)N1C[C@H](O)C[C@@H]1C(=O)O. The summed E-state index contributed by atoms with van der Waals surface area (Å²) in [5, 5.41) is 19.1. The zero-order chi connectivity index (χ0) is 15.6. The van der Waals surface area contributed by atoms with Gasteiger partial charge in [0.1, 0.15) is 11.8 Å². The number of aliphatic carboxylic acids is 1. The number of nitrogens with zero attached hydrogens (tertiary/aromatic N) is 1. The van der Waals surface area contributed by atoms with Crippen LogP contribution in [0.1, 0.15) is 12.0 Å². The highest BCUT2D eigenvalue weighted by molar-refractivity contribution is 6.30. The van der Waals surface area contributed by atoms with Crippen LogP contribution < -0.4 is 4.74 Å². The van der Waals surface area contributed by atoms with Gasteiger partial charge in [-0.2, -0.15) is 0 Å². The minimum absolute atomic E-state index is 0.0127. The zero-order valence-corrected chi connectivity index (χ0v) is 12.2. The summed E-state index contributed by atoms with van der Waals surface area (Å²) in [7, 11) is 0. The lowest BCUT2D eigenvalue weighted by molar-refractivity contribution is -0.149. The van der Waals surface area contributed by atoms with Crippen molar-refractivity contribution in [3.8, 4) is 5.75 Å². The number of carbonyl (C=O) groups is 2. The van der Waals surface area contributed by atoms with Crippen molar-refractivity contribution in [2.45, 2.75) is 25.5 Å². The number of aryl methyl sites for hydroxylation is 1. The van der Waals surface area contributed by atoms with Crippen molar-refractivity contribution < 1.29 is 24.5 Å². The van der Waals surface area contributed by atoms with Crippen LogP contribution in [0, 0.1) is 6.92 Å². The van der Waals surface area contributed by atoms with Crippen LogP contribution in [0.25, 0.3) is 0 Å². The fourth-order valence-electron chi connectivity index (χ4n) is 2.32. The Hall–Kier alpha value is -1.79. The summed E-state index contributed by atoms with van der Waals surface area (Å²) in [5.41, 5.74) is 0.784. The van der Waals surface area contributed by atoms with E-state index in [0.717, 1.165) is 10.5 Å². The molecule has 114 valence electrons. The molecule has 1 amide bonds. The molecule has 21 heavy (non-hydrogen) atoms. The molecule has 1 aromatic rings. The van der Waals surface area contributed by atoms with Crippen molar-refractivity contribution in [2.24, 2.45) is 0 Å². The molecule has 2 rings (SSSR count). The van der Waals surface area contributed by atoms with Gasteiger partial charge in [0.05, 0.1) is 6.10 Å². The number of benzene rings is 1. The maximum atomic E-state index is 12.1. The fraction of sp³-hybridized carbons (Fsp3) is 0.429. The first-order chi connectivity index (χ1) is 9.88. The molecule has 0 bridgehead atoms. The molecular weight excluding hydrogens is 298 g/mol. The molecule has 6 nitrogen and oxygen atoms in total. The molecule has 0 spiro atoms. The number of likely N-dealkylation sites (tertiary alicyclic amines) is 1. The Balaban J connectivity index is 1.99. The normalized spacial score (nSPS) is 21.4. The van der Waals surface area contributed by atoms with E-state index in [-0.39, 0.29) is 19.6 Å². The summed E-state index contributed by atoms with van der Waals surface area (Å²) in [6, 6.07) is 4.01. The van der Waals surface area contributed by atoms with E-state index >= 15 is 0 Å². The van der Waals surface area contributed by atoms with Gasteiger partial charge in [0.15, 0.2) is 6.61 Å². The van der Waals surface area contributed by atoms with Gasteiger partial charge in [0.25, 0.3) is 5.91 Å². The number of carboxylic acid groups (broad SMARTS) is 1. The third-order valence-electron chi connectivity index (χ3n) is 3.37. The van der Waals surface area contributed by atoms with Crippen LogP contribution >= 0.6 is 11.6 Å². The number of β-amino-alcohol motifs (C(OH)–C–C–N with tert-alkyl or cyclic N) is 1. The third-order valence-corrected chi connectivity index (χ3v) is 3.61. The molecule has 1 heterocycles. The van der Waals surface area contributed by atoms with Gasteiger partial charge in [-0.25, -0.2) is 4.79 Å². The summed E-state index contributed by atoms with van der Waals surface area (Å²) in [5.74, 6) is -1.07. The van der Waals surface area contributed by atoms with Crippen LogP contribution in [0.2, 0.25) is 5.02 Å². The minimum Gasteiger partial charge on any atom is -0.483 e. The van der Waals surface area contributed by atoms with E-state index in [4.69, 9.17) is 21.4 Å². The molecule has 1 aliphatic heterocycles. The summed E-state index contributed by atoms with van der Waals surface area (Å²) in [6.07, 6.45) is -0.770. The molecule has 7 heteroatoms. The van der Waals surface area contributed by atoms with Crippen molar-refractivity contribution in [1.29, 1.82) is 0 Å². The van der Waals surface area contributed by atoms with E-state index in [9.17, 15) is 14.7 Å². The van der Waals surface area contributed by atoms with E-state index in [1.165, 1.54) is 0 Å². The summed E-state index contributed by atoms with van der Waals surface area (Å²) >= 11 is 5.83. The fourth-order valence-corrected chi connectivity index (χ4v) is 2.55. The summed E-state index contributed by atoms with van der Waals surface area (Å²) < 4.78 is 5.40. The number of carbonyl (C=O) groups excluding carboxylic acids is 1. The maximum Gasteiger partial charge on any atom is 0.326 e. The molecule has 0 aliphatic carbocycles. The quantitative estimate of drug-likeness (QED) is 0.868. The predicted octanol–water partition coefficient (Wildman–Crippen LogP) is 1.07. The number of aliphatic hydroxyl groups is 1. The van der Waals surface area contributed by atoms with Gasteiger partial charge in [-0.15, -0.1) is 0 Å². The Kier molecular flexibility index (Phi) is 4.69. The first-order valence-electron chi connectivity index (χ1n) is 6.47. The Morgan fingerprint density at radius 3 is 2.81 bits per heavy atom. The van der Waals surface area contributed by atoms with Gasteiger partial charge in [0, 0.05) is 18.0 Å². The standard InChI is InChI=1S/C14H16ClNO5/c1-8-4-9(15)2-3-12(8)21-7-13(18)16-6-10(17)5-11(16)14(19)20/h2-4,10-11,17H,5-7H2,1H3,(H,19,20)/t10-,11-/m1/s1. The zero-order valence-electron chi connectivity index (χ0n) is 11.5. The van der Waals surface area contributed by atoms with Crippen LogP contribution in [0.15, 0.2) is 18.2 Å². The van der Waals surface area contributed by atoms with Crippen molar-refractivity contribution >= 4 is 23.5 Å². The molecule has 1 saturated heterocycles. The second kappa shape index (κ2) is 6.32. The van der Waals surface area contributed by atoms with Crippen LogP contribution in [0.5, 0.6) is 5.75 Å². The van der Waals surface area contributed by atoms with Crippen molar-refractivity contribution in [1.82, 2.24) is 4.90 Å². The smallest absolute Gasteiger partial charge is 0.326 e. The van der Waals surface area contributed by atoms with Crippen LogP contribution in [-0.4, -0.2) is 52.3 Å².